The highest BCUT2D eigenvalue weighted by atomic mass is 16.1. The van der Waals surface area contributed by atoms with Crippen molar-refractivity contribution in [3.05, 3.63) is 76.5 Å². The Hall–Kier alpha value is -2.68. The lowest BCUT2D eigenvalue weighted by Crippen LogP contribution is -2.12. The number of carbonyl (C=O) groups excluding carboxylic acids is 1. The highest BCUT2D eigenvalue weighted by molar-refractivity contribution is 5.94. The fraction of sp³-hybridized carbons (Fsp3) is 0.304. The molecule has 0 spiro atoms. The molecule has 0 aliphatic rings. The molecule has 26 heavy (non-hydrogen) atoms. The van der Waals surface area contributed by atoms with Crippen molar-refractivity contribution in [1.29, 1.82) is 0 Å². The van der Waals surface area contributed by atoms with Crippen LogP contribution < -0.4 is 5.73 Å². The Morgan fingerprint density at radius 1 is 1.23 bits per heavy atom. The van der Waals surface area contributed by atoms with Crippen LogP contribution in [0.3, 0.4) is 0 Å². The van der Waals surface area contributed by atoms with Crippen LogP contribution in [-0.4, -0.2) is 11.6 Å². The fourth-order valence-corrected chi connectivity index (χ4v) is 2.80. The van der Waals surface area contributed by atoms with Gasteiger partial charge in [0.2, 0.25) is 5.91 Å². The van der Waals surface area contributed by atoms with Gasteiger partial charge in [-0.3, -0.25) is 9.79 Å². The molecule has 2 N–H and O–H groups in total. The third-order valence-electron chi connectivity index (χ3n) is 4.44. The average Bonchev–Trinajstić information content (AvgIpc) is 2.58. The quantitative estimate of drug-likeness (QED) is 0.492. The minimum absolute atomic E-state index is 0.401. The lowest BCUT2D eigenvalue weighted by atomic mass is 9.99. The average molecular weight is 351 g/mol. The van der Waals surface area contributed by atoms with Crippen LogP contribution >= 0.6 is 0 Å². The van der Waals surface area contributed by atoms with Crippen molar-refractivity contribution in [2.75, 3.05) is 0 Å². The van der Waals surface area contributed by atoms with Gasteiger partial charge in [0.05, 0.1) is 0 Å². The number of aryl methyl sites for hydroxylation is 1. The second-order valence-corrected chi connectivity index (χ2v) is 6.54. The molecular weight excluding hydrogens is 320 g/mol. The summed E-state index contributed by atoms with van der Waals surface area (Å²) in [5, 5.41) is 0. The molecule has 1 rings (SSSR count). The molecule has 0 heterocycles. The Labute approximate surface area is 157 Å². The van der Waals surface area contributed by atoms with E-state index in [1.165, 1.54) is 11.1 Å². The second kappa shape index (κ2) is 9.71. The molecule has 0 aliphatic carbocycles. The molecule has 0 atom stereocenters. The standard InChI is InChI=1S/C23H30N2O/c1-8-10-15(3)20(9-2)14-17(5)25-19(7)18(6)21-11-12-22(23(24)26)16(4)13-21/h8-13H,2,14H2,1,3-7H3,(H2,24,26)/b10-8-,19-18+,20-15+,25-17?. The summed E-state index contributed by atoms with van der Waals surface area (Å²) in [5.41, 5.74) is 13.3. The summed E-state index contributed by atoms with van der Waals surface area (Å²) >= 11 is 0. The zero-order chi connectivity index (χ0) is 19.9. The van der Waals surface area contributed by atoms with Crippen molar-refractivity contribution < 1.29 is 4.79 Å². The lowest BCUT2D eigenvalue weighted by molar-refractivity contribution is 0.0999. The second-order valence-electron chi connectivity index (χ2n) is 6.54. The number of aliphatic imine (C=N–C) groups is 1. The number of carbonyl (C=O) groups is 1. The number of primary amides is 1. The largest absolute Gasteiger partial charge is 0.366 e. The molecule has 0 unspecified atom stereocenters. The Kier molecular flexibility index (Phi) is 7.98. The van der Waals surface area contributed by atoms with Crippen molar-refractivity contribution in [1.82, 2.24) is 0 Å². The first kappa shape index (κ1) is 21.4. The van der Waals surface area contributed by atoms with Crippen molar-refractivity contribution in [2.24, 2.45) is 10.7 Å². The molecule has 3 nitrogen and oxygen atoms in total. The van der Waals surface area contributed by atoms with E-state index in [1.54, 1.807) is 6.07 Å². The molecule has 0 saturated carbocycles. The van der Waals surface area contributed by atoms with Crippen LogP contribution in [0.15, 0.2) is 64.8 Å². The van der Waals surface area contributed by atoms with Gasteiger partial charge < -0.3 is 5.73 Å². The van der Waals surface area contributed by atoms with Crippen molar-refractivity contribution in [3.8, 4) is 0 Å². The van der Waals surface area contributed by atoms with Crippen LogP contribution in [0.2, 0.25) is 0 Å². The first-order chi connectivity index (χ1) is 12.2. The number of rotatable bonds is 7. The molecule has 0 bridgehead atoms. The number of hydrogen-bond acceptors (Lipinski definition) is 2. The number of nitrogens with two attached hydrogens (primary N) is 1. The van der Waals surface area contributed by atoms with E-state index in [0.717, 1.165) is 34.5 Å². The van der Waals surface area contributed by atoms with Gasteiger partial charge in [0, 0.05) is 23.4 Å². The highest BCUT2D eigenvalue weighted by Crippen LogP contribution is 2.22. The van der Waals surface area contributed by atoms with E-state index in [4.69, 9.17) is 10.7 Å². The van der Waals surface area contributed by atoms with E-state index in [1.807, 2.05) is 58.9 Å². The normalized spacial score (nSPS) is 14.2. The van der Waals surface area contributed by atoms with Crippen LogP contribution in [0.5, 0.6) is 0 Å². The van der Waals surface area contributed by atoms with Crippen LogP contribution in [-0.2, 0) is 0 Å². The van der Waals surface area contributed by atoms with Crippen molar-refractivity contribution in [3.63, 3.8) is 0 Å². The number of benzene rings is 1. The summed E-state index contributed by atoms with van der Waals surface area (Å²) in [6.45, 7) is 16.0. The molecule has 1 amide bonds. The zero-order valence-corrected chi connectivity index (χ0v) is 16.8. The van der Waals surface area contributed by atoms with Gasteiger partial charge >= 0.3 is 0 Å². The summed E-state index contributed by atoms with van der Waals surface area (Å²) < 4.78 is 0. The van der Waals surface area contributed by atoms with Crippen molar-refractivity contribution >= 4 is 17.2 Å². The van der Waals surface area contributed by atoms with Crippen LogP contribution in [0.1, 0.15) is 62.5 Å². The molecular formula is C23H30N2O. The smallest absolute Gasteiger partial charge is 0.248 e. The molecule has 1 aromatic rings. The predicted octanol–water partition coefficient (Wildman–Crippen LogP) is 5.77. The highest BCUT2D eigenvalue weighted by Gasteiger charge is 2.08. The van der Waals surface area contributed by atoms with Gasteiger partial charge in [-0.2, -0.15) is 0 Å². The van der Waals surface area contributed by atoms with E-state index in [0.29, 0.717) is 5.56 Å². The van der Waals surface area contributed by atoms with E-state index < -0.39 is 5.91 Å². The van der Waals surface area contributed by atoms with E-state index in [-0.39, 0.29) is 0 Å². The number of nitrogens with zero attached hydrogens (tertiary/aromatic N) is 1. The Balaban J connectivity index is 3.16. The van der Waals surface area contributed by atoms with Crippen LogP contribution in [0.25, 0.3) is 5.57 Å². The topological polar surface area (TPSA) is 55.4 Å². The fourth-order valence-electron chi connectivity index (χ4n) is 2.80. The van der Waals surface area contributed by atoms with Gasteiger partial charge in [-0.05, 0) is 75.5 Å². The summed E-state index contributed by atoms with van der Waals surface area (Å²) in [7, 11) is 0. The van der Waals surface area contributed by atoms with E-state index >= 15 is 0 Å². The van der Waals surface area contributed by atoms with Gasteiger partial charge in [-0.15, -0.1) is 0 Å². The number of amides is 1. The molecule has 0 fully saturated rings. The molecule has 1 aromatic carbocycles. The van der Waals surface area contributed by atoms with Gasteiger partial charge in [0.15, 0.2) is 0 Å². The van der Waals surface area contributed by atoms with Gasteiger partial charge in [0.25, 0.3) is 0 Å². The molecule has 0 saturated heterocycles. The maximum atomic E-state index is 11.4. The van der Waals surface area contributed by atoms with Crippen LogP contribution in [0.4, 0.5) is 0 Å². The Bertz CT molecular complexity index is 821. The summed E-state index contributed by atoms with van der Waals surface area (Å²) in [6, 6.07) is 5.68. The monoisotopic (exact) mass is 350 g/mol. The molecule has 3 heteroatoms. The minimum atomic E-state index is -0.401. The summed E-state index contributed by atoms with van der Waals surface area (Å²) in [5.74, 6) is -0.401. The SMILES string of the molecule is C=C/C(CC(C)=N/C(C)=C(\C)c1ccc(C(N)=O)c(C)c1)=C(C)\C=C/C. The first-order valence-electron chi connectivity index (χ1n) is 8.78. The molecule has 0 radical (unpaired) electrons. The van der Waals surface area contributed by atoms with Gasteiger partial charge in [0.1, 0.15) is 0 Å². The Morgan fingerprint density at radius 3 is 2.38 bits per heavy atom. The zero-order valence-electron chi connectivity index (χ0n) is 16.8. The molecule has 0 aliphatic heterocycles. The number of hydrogen-bond donors (Lipinski definition) is 1. The lowest BCUT2D eigenvalue weighted by Gasteiger charge is -2.10. The van der Waals surface area contributed by atoms with Crippen molar-refractivity contribution in [2.45, 2.75) is 48.0 Å². The minimum Gasteiger partial charge on any atom is -0.366 e. The number of allylic oxidation sites excluding steroid dienone is 7. The first-order valence-corrected chi connectivity index (χ1v) is 8.78. The van der Waals surface area contributed by atoms with Crippen LogP contribution in [0, 0.1) is 6.92 Å². The summed E-state index contributed by atoms with van der Waals surface area (Å²) in [6.07, 6.45) is 6.77. The summed E-state index contributed by atoms with van der Waals surface area (Å²) in [4.78, 5) is 16.2. The van der Waals surface area contributed by atoms with Gasteiger partial charge in [-0.1, -0.05) is 36.9 Å². The third kappa shape index (κ3) is 5.69. The Morgan fingerprint density at radius 2 is 1.88 bits per heavy atom. The maximum Gasteiger partial charge on any atom is 0.248 e. The molecule has 0 aromatic heterocycles. The third-order valence-corrected chi connectivity index (χ3v) is 4.44. The maximum absolute atomic E-state index is 11.4. The van der Waals surface area contributed by atoms with E-state index in [9.17, 15) is 4.79 Å². The van der Waals surface area contributed by atoms with Gasteiger partial charge in [-0.25, -0.2) is 0 Å². The molecule has 138 valence electrons. The van der Waals surface area contributed by atoms with E-state index in [2.05, 4.69) is 19.6 Å². The predicted molar refractivity (Wildman–Crippen MR) is 113 cm³/mol.